The number of piperidine rings is 1. The summed E-state index contributed by atoms with van der Waals surface area (Å²) in [5.41, 5.74) is 0.792. The number of aromatic nitrogens is 1. The quantitative estimate of drug-likeness (QED) is 0.0125. The molecule has 1 aliphatic rings. The number of hydrogen-bond donors (Lipinski definition) is 8. The van der Waals surface area contributed by atoms with Crippen molar-refractivity contribution in [3.05, 3.63) is 64.0 Å². The molecule has 2 atom stereocenters. The monoisotopic (exact) mass is 826 g/mol. The Hall–Kier alpha value is -6.15. The number of amides is 4. The SMILES string of the molecule is Cl.Cl.N#CNC(=NCCCO[N+](=O)[O-])c1cncc(NC(=O)C(NC(=O)Cc2cccc(NC(=O)COC3CCNCC3)c2)C(=O)N[C@@H](CC(=O)O)C(=O)O)c1. The van der Waals surface area contributed by atoms with Gasteiger partial charge in [0.25, 0.3) is 16.9 Å². The fraction of sp³-hybridized carbons (Fsp3) is 0.406. The van der Waals surface area contributed by atoms with Crippen molar-refractivity contribution < 1.29 is 53.6 Å². The Morgan fingerprint density at radius 3 is 2.41 bits per heavy atom. The summed E-state index contributed by atoms with van der Waals surface area (Å²) in [6, 6.07) is 3.41. The fourth-order valence-corrected chi connectivity index (χ4v) is 4.89. The van der Waals surface area contributed by atoms with E-state index in [2.05, 4.69) is 41.4 Å². The van der Waals surface area contributed by atoms with Crippen LogP contribution in [-0.2, 0) is 44.8 Å². The minimum atomic E-state index is -2.10. The molecule has 4 amide bonds. The Balaban J connectivity index is 0.00000784. The number of carbonyl (C=O) groups excluding carboxylic acids is 4. The Morgan fingerprint density at radius 2 is 1.75 bits per heavy atom. The van der Waals surface area contributed by atoms with E-state index < -0.39 is 65.6 Å². The number of aliphatic carboxylic acids is 2. The summed E-state index contributed by atoms with van der Waals surface area (Å²) in [7, 11) is 0. The zero-order valence-corrected chi connectivity index (χ0v) is 31.1. The molecule has 0 radical (unpaired) electrons. The number of halogens is 2. The highest BCUT2D eigenvalue weighted by atomic mass is 35.5. The van der Waals surface area contributed by atoms with E-state index in [1.54, 1.807) is 24.4 Å². The average molecular weight is 828 g/mol. The lowest BCUT2D eigenvalue weighted by molar-refractivity contribution is -0.757. The zero-order chi connectivity index (χ0) is 39.5. The molecule has 56 heavy (non-hydrogen) atoms. The maximum absolute atomic E-state index is 13.5. The second-order valence-corrected chi connectivity index (χ2v) is 11.5. The second-order valence-electron chi connectivity index (χ2n) is 11.5. The van der Waals surface area contributed by atoms with E-state index in [1.165, 1.54) is 18.3 Å². The molecule has 304 valence electrons. The molecule has 1 aromatic heterocycles. The molecule has 0 saturated carbocycles. The van der Waals surface area contributed by atoms with Crippen LogP contribution in [0.1, 0.15) is 36.8 Å². The summed E-state index contributed by atoms with van der Waals surface area (Å²) in [5.74, 6) is -7.13. The maximum atomic E-state index is 13.5. The van der Waals surface area contributed by atoms with Crippen molar-refractivity contribution in [3.63, 3.8) is 0 Å². The first-order valence-corrected chi connectivity index (χ1v) is 16.3. The first-order valence-electron chi connectivity index (χ1n) is 16.3. The molecule has 1 fully saturated rings. The number of anilines is 2. The first-order chi connectivity index (χ1) is 25.8. The number of carboxylic acids is 2. The molecule has 2 aromatic rings. The number of nitrogens with one attached hydrogen (secondary N) is 6. The van der Waals surface area contributed by atoms with Gasteiger partial charge in [0, 0.05) is 24.0 Å². The number of amidine groups is 1. The molecule has 1 aliphatic heterocycles. The van der Waals surface area contributed by atoms with E-state index in [1.807, 2.05) is 5.32 Å². The molecule has 24 heteroatoms. The van der Waals surface area contributed by atoms with Crippen LogP contribution in [0.5, 0.6) is 0 Å². The van der Waals surface area contributed by atoms with Gasteiger partial charge in [0.2, 0.25) is 11.8 Å². The van der Waals surface area contributed by atoms with Gasteiger partial charge in [0.05, 0.1) is 37.4 Å². The fourth-order valence-electron chi connectivity index (χ4n) is 4.89. The third-order valence-corrected chi connectivity index (χ3v) is 7.36. The predicted molar refractivity (Wildman–Crippen MR) is 199 cm³/mol. The third-order valence-electron chi connectivity index (χ3n) is 7.36. The Morgan fingerprint density at radius 1 is 1.02 bits per heavy atom. The summed E-state index contributed by atoms with van der Waals surface area (Å²) in [6.07, 6.45) is 4.26. The summed E-state index contributed by atoms with van der Waals surface area (Å²) >= 11 is 0. The van der Waals surface area contributed by atoms with Crippen LogP contribution in [0, 0.1) is 21.6 Å². The molecule has 0 aliphatic carbocycles. The summed E-state index contributed by atoms with van der Waals surface area (Å²) in [6.45, 7) is 1.14. The first kappa shape index (κ1) is 47.9. The van der Waals surface area contributed by atoms with Crippen molar-refractivity contribution >= 4 is 77.6 Å². The molecule has 22 nitrogen and oxygen atoms in total. The molecule has 0 spiro atoms. The number of rotatable bonds is 20. The van der Waals surface area contributed by atoms with Crippen LogP contribution >= 0.6 is 24.8 Å². The van der Waals surface area contributed by atoms with Crippen molar-refractivity contribution in [3.8, 4) is 6.19 Å². The highest BCUT2D eigenvalue weighted by Gasteiger charge is 2.33. The van der Waals surface area contributed by atoms with Gasteiger partial charge in [-0.2, -0.15) is 5.26 Å². The number of hydrogen-bond acceptors (Lipinski definition) is 14. The molecule has 8 N–H and O–H groups in total. The van der Waals surface area contributed by atoms with Gasteiger partial charge >= 0.3 is 11.9 Å². The lowest BCUT2D eigenvalue weighted by Gasteiger charge is -2.22. The molecular weight excluding hydrogens is 787 g/mol. The number of carboxylic acid groups (broad SMARTS) is 2. The van der Waals surface area contributed by atoms with E-state index in [-0.39, 0.29) is 74.2 Å². The molecule has 3 rings (SSSR count). The van der Waals surface area contributed by atoms with E-state index in [9.17, 15) is 44.0 Å². The number of nitrogens with zero attached hydrogens (tertiary/aromatic N) is 4. The van der Waals surface area contributed by atoms with Gasteiger partial charge in [-0.1, -0.05) is 12.1 Å². The van der Waals surface area contributed by atoms with Gasteiger partial charge in [0.1, 0.15) is 18.5 Å². The van der Waals surface area contributed by atoms with Crippen LogP contribution < -0.4 is 31.9 Å². The van der Waals surface area contributed by atoms with Crippen molar-refractivity contribution in [2.24, 2.45) is 4.99 Å². The minimum absolute atomic E-state index is 0. The van der Waals surface area contributed by atoms with Gasteiger partial charge in [0.15, 0.2) is 12.2 Å². The number of aliphatic imine (C=N–C) groups is 1. The number of nitriles is 1. The van der Waals surface area contributed by atoms with E-state index in [0.29, 0.717) is 11.3 Å². The number of benzene rings is 1. The van der Waals surface area contributed by atoms with E-state index in [4.69, 9.17) is 15.1 Å². The summed E-state index contributed by atoms with van der Waals surface area (Å²) in [5, 5.41) is 51.8. The topological polar surface area (TPSA) is 326 Å². The maximum Gasteiger partial charge on any atom is 0.326 e. The zero-order valence-electron chi connectivity index (χ0n) is 29.4. The van der Waals surface area contributed by atoms with Gasteiger partial charge in [-0.3, -0.25) is 39.3 Å². The second kappa shape index (κ2) is 25.0. The van der Waals surface area contributed by atoms with Gasteiger partial charge in [-0.05, 0) is 56.1 Å². The van der Waals surface area contributed by atoms with Crippen LogP contribution in [0.4, 0.5) is 11.4 Å². The standard InChI is InChI=1S/C32H38N10O12.2ClH/c33-18-37-29(36-7-2-10-54-42(51)52)20-13-22(16-35-15-20)39-30(47)28(31(48)40-24(32(49)50)14-27(45)46)41-25(43)12-19-3-1-4-21(11-19)38-26(44)17-53-23-5-8-34-9-6-23;;/h1,3-4,11,13,15-16,23-24,28,34H,2,5-10,12,14,17H2,(H,36,37)(H,38,44)(H,39,47)(H,40,48)(H,41,43)(H,45,46)(H,49,50);2*1H/t24-,28?;;/m0../s1. The van der Waals surface area contributed by atoms with Crippen LogP contribution in [0.25, 0.3) is 0 Å². The third kappa shape index (κ3) is 17.3. The van der Waals surface area contributed by atoms with Crippen molar-refractivity contribution in [1.29, 1.82) is 5.26 Å². The predicted octanol–water partition coefficient (Wildman–Crippen LogP) is -0.242. The average Bonchev–Trinajstić information content (AvgIpc) is 3.12. The Labute approximate surface area is 331 Å². The number of carbonyl (C=O) groups is 6. The van der Waals surface area contributed by atoms with Gasteiger partial charge in [-0.15, -0.1) is 34.9 Å². The number of pyridine rings is 1. The highest BCUT2D eigenvalue weighted by Crippen LogP contribution is 2.14. The Kier molecular flexibility index (Phi) is 21.4. The lowest BCUT2D eigenvalue weighted by atomic mass is 10.1. The van der Waals surface area contributed by atoms with Crippen LogP contribution in [0.2, 0.25) is 0 Å². The molecular formula is C32H40Cl2N10O12. The van der Waals surface area contributed by atoms with Gasteiger partial charge < -0.3 is 46.4 Å². The molecule has 1 saturated heterocycles. The summed E-state index contributed by atoms with van der Waals surface area (Å²) < 4.78 is 5.66. The molecule has 0 bridgehead atoms. The molecule has 1 aromatic carbocycles. The number of ether oxygens (including phenoxy) is 1. The normalized spacial score (nSPS) is 13.4. The summed E-state index contributed by atoms with van der Waals surface area (Å²) in [4.78, 5) is 97.9. The van der Waals surface area contributed by atoms with E-state index in [0.717, 1.165) is 32.1 Å². The van der Waals surface area contributed by atoms with E-state index >= 15 is 0 Å². The minimum Gasteiger partial charge on any atom is -0.481 e. The van der Waals surface area contributed by atoms with Crippen molar-refractivity contribution in [1.82, 2.24) is 26.3 Å². The smallest absolute Gasteiger partial charge is 0.326 e. The van der Waals surface area contributed by atoms with Crippen LogP contribution in [0.3, 0.4) is 0 Å². The van der Waals surface area contributed by atoms with Crippen molar-refractivity contribution in [2.75, 3.05) is 43.5 Å². The highest BCUT2D eigenvalue weighted by molar-refractivity contribution is 6.13. The van der Waals surface area contributed by atoms with Crippen LogP contribution in [0.15, 0.2) is 47.7 Å². The lowest BCUT2D eigenvalue weighted by Crippen LogP contribution is -2.57. The largest absolute Gasteiger partial charge is 0.481 e. The van der Waals surface area contributed by atoms with Crippen molar-refractivity contribution in [2.45, 2.75) is 50.3 Å². The Bertz CT molecular complexity index is 1770. The van der Waals surface area contributed by atoms with Crippen LogP contribution in [-0.4, -0.2) is 113 Å². The van der Waals surface area contributed by atoms with Gasteiger partial charge in [-0.25, -0.2) is 4.79 Å². The molecule has 2 heterocycles. The molecule has 1 unspecified atom stereocenters.